The van der Waals surface area contributed by atoms with Gasteiger partial charge in [-0.05, 0) is 73.9 Å². The van der Waals surface area contributed by atoms with Gasteiger partial charge in [-0.2, -0.15) is 0 Å². The maximum Gasteiger partial charge on any atom is 0.391 e. The molecule has 0 amide bonds. The quantitative estimate of drug-likeness (QED) is 0.414. The number of aryl methyl sites for hydroxylation is 1. The van der Waals surface area contributed by atoms with Crippen LogP contribution in [0.2, 0.25) is 0 Å². The number of benzene rings is 2. The van der Waals surface area contributed by atoms with Crippen LogP contribution in [0, 0.1) is 5.92 Å². The molecule has 1 atom stereocenters. The van der Waals surface area contributed by atoms with Crippen molar-refractivity contribution in [2.24, 2.45) is 5.92 Å². The first kappa shape index (κ1) is 24.9. The number of rotatable bonds is 11. The van der Waals surface area contributed by atoms with Crippen LogP contribution in [-0.4, -0.2) is 35.6 Å². The summed E-state index contributed by atoms with van der Waals surface area (Å²) in [5.41, 5.74) is 2.45. The molecule has 176 valence electrons. The summed E-state index contributed by atoms with van der Waals surface area (Å²) in [6, 6.07) is 14.2. The smallest absolute Gasteiger partial charge is 0.391 e. The minimum absolute atomic E-state index is 0.0107. The number of anilines is 1. The molecule has 1 aliphatic carbocycles. The summed E-state index contributed by atoms with van der Waals surface area (Å²) in [6.45, 7) is 1.98. The van der Waals surface area contributed by atoms with E-state index in [1.54, 1.807) is 31.2 Å². The number of nitrogens with zero attached hydrogens (tertiary/aromatic N) is 1. The summed E-state index contributed by atoms with van der Waals surface area (Å²) in [5, 5.41) is 10.6. The Morgan fingerprint density at radius 3 is 2.25 bits per heavy atom. The first-order valence-electron chi connectivity index (χ1n) is 11.0. The van der Waals surface area contributed by atoms with Gasteiger partial charge in [0.15, 0.2) is 0 Å². The normalized spacial score (nSPS) is 15.8. The van der Waals surface area contributed by atoms with Crippen molar-refractivity contribution in [3.63, 3.8) is 0 Å². The zero-order valence-corrected chi connectivity index (χ0v) is 20.0. The molecule has 1 aliphatic rings. The van der Waals surface area contributed by atoms with Crippen molar-refractivity contribution in [1.82, 2.24) is 0 Å². The van der Waals surface area contributed by atoms with Gasteiger partial charge in [0.25, 0.3) is 0 Å². The second kappa shape index (κ2) is 11.4. The van der Waals surface area contributed by atoms with Crippen LogP contribution in [0.3, 0.4) is 0 Å². The average molecular weight is 482 g/mol. The van der Waals surface area contributed by atoms with E-state index in [-0.39, 0.29) is 11.7 Å². The zero-order chi connectivity index (χ0) is 23.1. The van der Waals surface area contributed by atoms with Gasteiger partial charge in [-0.1, -0.05) is 37.1 Å². The van der Waals surface area contributed by atoms with Crippen molar-refractivity contribution >= 4 is 24.3 Å². The lowest BCUT2D eigenvalue weighted by molar-refractivity contribution is 0.111. The average Bonchev–Trinajstić information content (AvgIpc) is 3.32. The molecule has 7 nitrogen and oxygen atoms in total. The van der Waals surface area contributed by atoms with Crippen LogP contribution in [0.15, 0.2) is 48.5 Å². The number of hydrogen-bond donors (Lipinski definition) is 3. The molecule has 0 heterocycles. The Balaban J connectivity index is 1.65. The van der Waals surface area contributed by atoms with Gasteiger partial charge in [-0.25, -0.2) is 8.42 Å². The molecule has 9 heteroatoms. The van der Waals surface area contributed by atoms with Crippen molar-refractivity contribution in [2.45, 2.75) is 51.6 Å². The summed E-state index contributed by atoms with van der Waals surface area (Å²) in [6.07, 6.45) is 5.18. The topological polar surface area (TPSA) is 107 Å². The highest BCUT2D eigenvalue weighted by Crippen LogP contribution is 2.36. The van der Waals surface area contributed by atoms with Crippen LogP contribution in [0.4, 0.5) is 5.69 Å². The molecule has 2 aromatic rings. The van der Waals surface area contributed by atoms with E-state index < -0.39 is 24.7 Å². The Morgan fingerprint density at radius 2 is 1.69 bits per heavy atom. The first-order valence-corrected chi connectivity index (χ1v) is 13.8. The molecule has 0 spiro atoms. The van der Waals surface area contributed by atoms with Crippen LogP contribution in [0.1, 0.15) is 56.3 Å². The van der Waals surface area contributed by atoms with Gasteiger partial charge in [-0.15, -0.1) is 0 Å². The van der Waals surface area contributed by atoms with E-state index in [9.17, 15) is 13.5 Å². The van der Waals surface area contributed by atoms with E-state index >= 15 is 0 Å². The second-order valence-corrected chi connectivity index (χ2v) is 11.0. The number of aliphatic hydroxyl groups excluding tert-OH is 1. The fourth-order valence-electron chi connectivity index (χ4n) is 4.21. The van der Waals surface area contributed by atoms with Crippen molar-refractivity contribution in [3.8, 4) is 5.75 Å². The molecule has 0 saturated heterocycles. The molecular formula is C23H32NO6PS. The number of aliphatic hydroxyl groups is 1. The Morgan fingerprint density at radius 1 is 1.06 bits per heavy atom. The van der Waals surface area contributed by atoms with Crippen LogP contribution in [-0.2, 0) is 16.4 Å². The van der Waals surface area contributed by atoms with Gasteiger partial charge in [0, 0.05) is 6.54 Å². The van der Waals surface area contributed by atoms with E-state index in [1.165, 1.54) is 4.31 Å². The highest BCUT2D eigenvalue weighted by atomic mass is 32.2. The first-order chi connectivity index (χ1) is 15.3. The van der Waals surface area contributed by atoms with E-state index in [4.69, 9.17) is 14.3 Å². The van der Waals surface area contributed by atoms with Crippen molar-refractivity contribution in [2.75, 3.05) is 16.6 Å². The van der Waals surface area contributed by atoms with Crippen LogP contribution < -0.4 is 8.83 Å². The minimum atomic E-state index is -3.44. The Hall–Kier alpha value is -1.70. The van der Waals surface area contributed by atoms with E-state index in [0.717, 1.165) is 36.8 Å². The van der Waals surface area contributed by atoms with Gasteiger partial charge in [0.05, 0.1) is 17.5 Å². The van der Waals surface area contributed by atoms with Crippen molar-refractivity contribution in [1.29, 1.82) is 0 Å². The summed E-state index contributed by atoms with van der Waals surface area (Å²) in [7, 11) is -5.88. The van der Waals surface area contributed by atoms with Crippen LogP contribution in [0.25, 0.3) is 0 Å². The van der Waals surface area contributed by atoms with Crippen LogP contribution in [0.5, 0.6) is 5.75 Å². The molecule has 0 radical (unpaired) electrons. The third-order valence-corrected chi connectivity index (χ3v) is 8.18. The largest absolute Gasteiger partial charge is 0.427 e. The van der Waals surface area contributed by atoms with E-state index in [2.05, 4.69) is 0 Å². The predicted molar refractivity (Wildman–Crippen MR) is 127 cm³/mol. The lowest BCUT2D eigenvalue weighted by Gasteiger charge is -2.25. The Bertz CT molecular complexity index is 943. The Kier molecular flexibility index (Phi) is 8.91. The maximum absolute atomic E-state index is 12.7. The van der Waals surface area contributed by atoms with E-state index in [1.807, 2.05) is 24.3 Å². The van der Waals surface area contributed by atoms with Gasteiger partial charge in [0.1, 0.15) is 5.75 Å². The lowest BCUT2D eigenvalue weighted by atomic mass is 9.94. The van der Waals surface area contributed by atoms with Gasteiger partial charge in [-0.3, -0.25) is 4.31 Å². The predicted octanol–water partition coefficient (Wildman–Crippen LogP) is 4.29. The fourth-order valence-corrected chi connectivity index (χ4v) is 5.68. The van der Waals surface area contributed by atoms with Crippen LogP contribution >= 0.6 is 8.60 Å². The van der Waals surface area contributed by atoms with Gasteiger partial charge >= 0.3 is 8.60 Å². The highest BCUT2D eigenvalue weighted by molar-refractivity contribution is 7.92. The van der Waals surface area contributed by atoms with Gasteiger partial charge in [0.2, 0.25) is 10.0 Å². The molecule has 0 aliphatic heterocycles. The molecule has 2 aromatic carbocycles. The standard InChI is InChI=1S/C23H32NO6PS/c1-2-32(28,29)24(17-5-6-18-9-15-22(16-10-18)30-31(26)27)21-13-11-20(12-14-21)23(25)19-7-3-4-8-19/h9-16,19,23,25-27H,2-8,17H2,1H3. The molecule has 3 rings (SSSR count). The minimum Gasteiger partial charge on any atom is -0.427 e. The summed E-state index contributed by atoms with van der Waals surface area (Å²) < 4.78 is 31.8. The van der Waals surface area contributed by atoms with Crippen molar-refractivity contribution < 1.29 is 27.8 Å². The molecule has 0 bridgehead atoms. The molecule has 1 unspecified atom stereocenters. The zero-order valence-electron chi connectivity index (χ0n) is 18.3. The number of sulfonamides is 1. The third-order valence-electron chi connectivity index (χ3n) is 6.01. The monoisotopic (exact) mass is 481 g/mol. The molecule has 0 aromatic heterocycles. The van der Waals surface area contributed by atoms with Gasteiger partial charge < -0.3 is 19.4 Å². The van der Waals surface area contributed by atoms with E-state index in [0.29, 0.717) is 30.8 Å². The fraction of sp³-hybridized carbons (Fsp3) is 0.478. The maximum atomic E-state index is 12.7. The SMILES string of the molecule is CCS(=O)(=O)N(CCCc1ccc(OP(O)O)cc1)c1ccc(C(O)C2CCCC2)cc1. The third kappa shape index (κ3) is 6.65. The molecule has 3 N–H and O–H groups in total. The second-order valence-electron chi connectivity index (χ2n) is 8.15. The lowest BCUT2D eigenvalue weighted by Crippen LogP contribution is -2.33. The van der Waals surface area contributed by atoms with Crippen molar-refractivity contribution in [3.05, 3.63) is 59.7 Å². The molecule has 32 heavy (non-hydrogen) atoms. The molecular weight excluding hydrogens is 449 g/mol. The highest BCUT2D eigenvalue weighted by Gasteiger charge is 2.25. The molecule has 1 saturated carbocycles. The summed E-state index contributed by atoms with van der Waals surface area (Å²) in [4.78, 5) is 17.8. The summed E-state index contributed by atoms with van der Waals surface area (Å²) >= 11 is 0. The number of hydrogen-bond acceptors (Lipinski definition) is 6. The molecule has 1 fully saturated rings. The Labute approximate surface area is 191 Å². The summed E-state index contributed by atoms with van der Waals surface area (Å²) in [5.74, 6) is 0.673.